The summed E-state index contributed by atoms with van der Waals surface area (Å²) >= 11 is 0. The smallest absolute Gasteiger partial charge is 0.110 e. The standard InChI is InChI=1S/C6H5N3O/c10-9-3-5-6(4-9)8-2-1-7-5/h1-4,10H. The van der Waals surface area contributed by atoms with Gasteiger partial charge in [-0.2, -0.15) is 4.73 Å². The zero-order chi connectivity index (χ0) is 6.97. The van der Waals surface area contributed by atoms with Crippen molar-refractivity contribution in [3.05, 3.63) is 24.8 Å². The van der Waals surface area contributed by atoms with Crippen molar-refractivity contribution < 1.29 is 5.21 Å². The van der Waals surface area contributed by atoms with Crippen LogP contribution < -0.4 is 0 Å². The highest BCUT2D eigenvalue weighted by atomic mass is 16.5. The Morgan fingerprint density at radius 2 is 1.60 bits per heavy atom. The van der Waals surface area contributed by atoms with E-state index in [1.54, 1.807) is 12.4 Å². The van der Waals surface area contributed by atoms with Crippen LogP contribution in [-0.4, -0.2) is 19.9 Å². The molecule has 4 nitrogen and oxygen atoms in total. The summed E-state index contributed by atoms with van der Waals surface area (Å²) in [7, 11) is 0. The van der Waals surface area contributed by atoms with Crippen LogP contribution in [0.3, 0.4) is 0 Å². The maximum Gasteiger partial charge on any atom is 0.110 e. The van der Waals surface area contributed by atoms with Gasteiger partial charge in [0.15, 0.2) is 0 Å². The predicted molar refractivity (Wildman–Crippen MR) is 34.7 cm³/mol. The second-order valence-electron chi connectivity index (χ2n) is 1.97. The lowest BCUT2D eigenvalue weighted by atomic mass is 10.5. The van der Waals surface area contributed by atoms with Crippen molar-refractivity contribution in [2.24, 2.45) is 0 Å². The fourth-order valence-electron chi connectivity index (χ4n) is 0.846. The molecular formula is C6H5N3O. The topological polar surface area (TPSA) is 50.9 Å². The van der Waals surface area contributed by atoms with E-state index in [2.05, 4.69) is 9.97 Å². The zero-order valence-corrected chi connectivity index (χ0v) is 5.10. The third kappa shape index (κ3) is 0.621. The van der Waals surface area contributed by atoms with Crippen LogP contribution in [0.4, 0.5) is 0 Å². The minimum absolute atomic E-state index is 0.699. The molecule has 0 amide bonds. The van der Waals surface area contributed by atoms with E-state index in [4.69, 9.17) is 5.21 Å². The average molecular weight is 135 g/mol. The third-order valence-corrected chi connectivity index (χ3v) is 1.27. The first-order chi connectivity index (χ1) is 4.86. The summed E-state index contributed by atoms with van der Waals surface area (Å²) in [5.74, 6) is 0. The van der Waals surface area contributed by atoms with Gasteiger partial charge in [0.25, 0.3) is 0 Å². The van der Waals surface area contributed by atoms with Gasteiger partial charge < -0.3 is 5.21 Å². The Hall–Kier alpha value is -1.58. The number of hydrogen-bond acceptors (Lipinski definition) is 3. The van der Waals surface area contributed by atoms with Gasteiger partial charge in [-0.25, -0.2) is 0 Å². The van der Waals surface area contributed by atoms with E-state index in [1.807, 2.05) is 0 Å². The van der Waals surface area contributed by atoms with E-state index in [1.165, 1.54) is 12.4 Å². The summed E-state index contributed by atoms with van der Waals surface area (Å²) in [6, 6.07) is 0. The molecule has 0 radical (unpaired) electrons. The SMILES string of the molecule is On1cc2nccnc2c1. The molecule has 50 valence electrons. The summed E-state index contributed by atoms with van der Waals surface area (Å²) in [6.45, 7) is 0. The predicted octanol–water partition coefficient (Wildman–Crippen LogP) is 0.669. The van der Waals surface area contributed by atoms with Gasteiger partial charge in [-0.3, -0.25) is 9.97 Å². The maximum absolute atomic E-state index is 8.89. The minimum atomic E-state index is 0.699. The number of aromatic nitrogens is 3. The molecule has 0 aliphatic rings. The average Bonchev–Trinajstić information content (AvgIpc) is 2.27. The van der Waals surface area contributed by atoms with Crippen LogP contribution in [0.1, 0.15) is 0 Å². The first kappa shape index (κ1) is 5.22. The first-order valence-corrected chi connectivity index (χ1v) is 2.84. The van der Waals surface area contributed by atoms with Crippen LogP contribution in [0.2, 0.25) is 0 Å². The van der Waals surface area contributed by atoms with Gasteiger partial charge in [0.1, 0.15) is 11.0 Å². The van der Waals surface area contributed by atoms with Crippen LogP contribution in [0.5, 0.6) is 0 Å². The third-order valence-electron chi connectivity index (χ3n) is 1.27. The molecule has 0 unspecified atom stereocenters. The van der Waals surface area contributed by atoms with Crippen molar-refractivity contribution in [1.82, 2.24) is 14.7 Å². The van der Waals surface area contributed by atoms with E-state index in [0.29, 0.717) is 11.0 Å². The fraction of sp³-hybridized carbons (Fsp3) is 0. The Balaban J connectivity index is 2.88. The number of hydrogen-bond donors (Lipinski definition) is 1. The van der Waals surface area contributed by atoms with Crippen molar-refractivity contribution in [2.75, 3.05) is 0 Å². The molecule has 0 fully saturated rings. The van der Waals surface area contributed by atoms with Crippen LogP contribution in [0, 0.1) is 0 Å². The van der Waals surface area contributed by atoms with Gasteiger partial charge in [0.05, 0.1) is 12.4 Å². The number of rotatable bonds is 0. The molecule has 0 atom stereocenters. The largest absolute Gasteiger partial charge is 0.429 e. The molecule has 0 spiro atoms. The van der Waals surface area contributed by atoms with Crippen molar-refractivity contribution in [3.8, 4) is 0 Å². The second kappa shape index (κ2) is 1.70. The Labute approximate surface area is 56.7 Å². The quantitative estimate of drug-likeness (QED) is 0.540. The number of fused-ring (bicyclic) bond motifs is 1. The zero-order valence-electron chi connectivity index (χ0n) is 5.10. The number of nitrogens with zero attached hydrogens (tertiary/aromatic N) is 3. The maximum atomic E-state index is 8.89. The summed E-state index contributed by atoms with van der Waals surface area (Å²) in [4.78, 5) is 7.92. The van der Waals surface area contributed by atoms with E-state index < -0.39 is 0 Å². The van der Waals surface area contributed by atoms with Crippen LogP contribution in [0.25, 0.3) is 11.0 Å². The van der Waals surface area contributed by atoms with E-state index in [9.17, 15) is 0 Å². The van der Waals surface area contributed by atoms with Crippen LogP contribution >= 0.6 is 0 Å². The molecule has 2 aromatic heterocycles. The lowest BCUT2D eigenvalue weighted by Gasteiger charge is -1.80. The van der Waals surface area contributed by atoms with Gasteiger partial charge >= 0.3 is 0 Å². The van der Waals surface area contributed by atoms with E-state index >= 15 is 0 Å². The highest BCUT2D eigenvalue weighted by molar-refractivity contribution is 5.72. The summed E-state index contributed by atoms with van der Waals surface area (Å²) < 4.78 is 0.949. The first-order valence-electron chi connectivity index (χ1n) is 2.84. The van der Waals surface area contributed by atoms with Crippen molar-refractivity contribution in [1.29, 1.82) is 0 Å². The molecule has 0 aliphatic carbocycles. The highest BCUT2D eigenvalue weighted by Gasteiger charge is 1.95. The Kier molecular flexibility index (Phi) is 0.887. The summed E-state index contributed by atoms with van der Waals surface area (Å²) in [5, 5.41) is 8.89. The molecule has 0 aromatic carbocycles. The molecule has 2 rings (SSSR count). The Morgan fingerprint density at radius 3 is 2.10 bits per heavy atom. The second-order valence-corrected chi connectivity index (χ2v) is 1.97. The molecule has 1 N–H and O–H groups in total. The monoisotopic (exact) mass is 135 g/mol. The normalized spacial score (nSPS) is 10.4. The molecule has 0 aliphatic heterocycles. The van der Waals surface area contributed by atoms with Gasteiger partial charge in [0, 0.05) is 12.4 Å². The Bertz CT molecular complexity index is 322. The fourth-order valence-corrected chi connectivity index (χ4v) is 0.846. The molecule has 2 heterocycles. The van der Waals surface area contributed by atoms with E-state index in [0.717, 1.165) is 4.73 Å². The molecule has 10 heavy (non-hydrogen) atoms. The Morgan fingerprint density at radius 1 is 1.10 bits per heavy atom. The lowest BCUT2D eigenvalue weighted by Crippen LogP contribution is -1.79. The van der Waals surface area contributed by atoms with Crippen molar-refractivity contribution >= 4 is 11.0 Å². The molecule has 4 heteroatoms. The van der Waals surface area contributed by atoms with Gasteiger partial charge in [0.2, 0.25) is 0 Å². The highest BCUT2D eigenvalue weighted by Crippen LogP contribution is 2.05. The van der Waals surface area contributed by atoms with Crippen LogP contribution in [0.15, 0.2) is 24.8 Å². The minimum Gasteiger partial charge on any atom is -0.429 e. The van der Waals surface area contributed by atoms with Gasteiger partial charge in [-0.1, -0.05) is 0 Å². The molecule has 0 bridgehead atoms. The van der Waals surface area contributed by atoms with Crippen molar-refractivity contribution in [3.63, 3.8) is 0 Å². The molecule has 0 saturated heterocycles. The lowest BCUT2D eigenvalue weighted by molar-refractivity contribution is 0.188. The summed E-state index contributed by atoms with van der Waals surface area (Å²) in [5.41, 5.74) is 1.40. The summed E-state index contributed by atoms with van der Waals surface area (Å²) in [6.07, 6.45) is 6.18. The van der Waals surface area contributed by atoms with E-state index in [-0.39, 0.29) is 0 Å². The molecule has 0 saturated carbocycles. The molecular weight excluding hydrogens is 130 g/mol. The molecule has 2 aromatic rings. The van der Waals surface area contributed by atoms with Crippen LogP contribution in [-0.2, 0) is 0 Å². The van der Waals surface area contributed by atoms with Crippen molar-refractivity contribution in [2.45, 2.75) is 0 Å². The van der Waals surface area contributed by atoms with Gasteiger partial charge in [-0.15, -0.1) is 0 Å². The van der Waals surface area contributed by atoms with Gasteiger partial charge in [-0.05, 0) is 0 Å².